The Balaban J connectivity index is 1.71. The third-order valence-corrected chi connectivity index (χ3v) is 3.97. The van der Waals surface area contributed by atoms with Gasteiger partial charge in [0.15, 0.2) is 0 Å². The summed E-state index contributed by atoms with van der Waals surface area (Å²) in [5.74, 6) is 1.02. The second-order valence-electron chi connectivity index (χ2n) is 5.32. The molecule has 2 aromatic carbocycles. The molecule has 0 aromatic heterocycles. The van der Waals surface area contributed by atoms with E-state index in [2.05, 4.69) is 57.3 Å². The number of amidine groups is 1. The number of hydrogen-bond donors (Lipinski definition) is 3. The Labute approximate surface area is 118 Å². The molecule has 1 saturated heterocycles. The quantitative estimate of drug-likeness (QED) is 0.769. The molecule has 0 bridgehead atoms. The van der Waals surface area contributed by atoms with Crippen molar-refractivity contribution >= 4 is 16.6 Å². The summed E-state index contributed by atoms with van der Waals surface area (Å²) in [5.41, 5.74) is 2.49. The van der Waals surface area contributed by atoms with Gasteiger partial charge in [-0.15, -0.1) is 0 Å². The lowest BCUT2D eigenvalue weighted by Crippen LogP contribution is -2.21. The molecule has 1 fully saturated rings. The van der Waals surface area contributed by atoms with Crippen LogP contribution >= 0.6 is 0 Å². The first-order chi connectivity index (χ1) is 9.90. The average molecular weight is 266 g/mol. The molecule has 0 saturated carbocycles. The van der Waals surface area contributed by atoms with E-state index in [0.29, 0.717) is 6.17 Å². The molecule has 20 heavy (non-hydrogen) atoms. The summed E-state index contributed by atoms with van der Waals surface area (Å²) in [5, 5.41) is 12.8. The van der Waals surface area contributed by atoms with Crippen LogP contribution in [0.2, 0.25) is 0 Å². The smallest absolute Gasteiger partial charge is 0.128 e. The van der Waals surface area contributed by atoms with Gasteiger partial charge in [-0.25, -0.2) is 0 Å². The highest BCUT2D eigenvalue weighted by atomic mass is 15.2. The van der Waals surface area contributed by atoms with E-state index in [4.69, 9.17) is 0 Å². The van der Waals surface area contributed by atoms with Crippen LogP contribution in [-0.4, -0.2) is 32.0 Å². The predicted molar refractivity (Wildman–Crippen MR) is 82.1 cm³/mol. The second-order valence-corrected chi connectivity index (χ2v) is 5.32. The van der Waals surface area contributed by atoms with E-state index in [9.17, 15) is 0 Å². The minimum Gasteiger partial charge on any atom is -0.368 e. The van der Waals surface area contributed by atoms with Crippen molar-refractivity contribution < 1.29 is 0 Å². The number of benzene rings is 2. The fourth-order valence-corrected chi connectivity index (χ4v) is 2.92. The summed E-state index contributed by atoms with van der Waals surface area (Å²) in [6.07, 6.45) is 0.292. The molecule has 0 amide bonds. The number of nitrogens with one attached hydrogen (secondary N) is 3. The number of rotatable bonds is 2. The summed E-state index contributed by atoms with van der Waals surface area (Å²) in [6, 6.07) is 13.2. The van der Waals surface area contributed by atoms with Gasteiger partial charge >= 0.3 is 0 Å². The Morgan fingerprint density at radius 2 is 1.70 bits per heavy atom. The topological polar surface area (TPSA) is 48.5 Å². The van der Waals surface area contributed by atoms with Gasteiger partial charge in [-0.3, -0.25) is 15.6 Å². The molecule has 102 valence electrons. The highest BCUT2D eigenvalue weighted by Crippen LogP contribution is 2.22. The van der Waals surface area contributed by atoms with Gasteiger partial charge in [0.2, 0.25) is 0 Å². The van der Waals surface area contributed by atoms with Gasteiger partial charge in [-0.05, 0) is 28.5 Å². The third kappa shape index (κ3) is 2.07. The fraction of sp³-hybridized carbons (Fsp3) is 0.312. The van der Waals surface area contributed by atoms with Crippen LogP contribution < -0.4 is 16.0 Å². The van der Waals surface area contributed by atoms with Crippen molar-refractivity contribution in [3.8, 4) is 0 Å². The van der Waals surface area contributed by atoms with Crippen molar-refractivity contribution in [2.75, 3.05) is 26.2 Å². The summed E-state index contributed by atoms with van der Waals surface area (Å²) in [6.45, 7) is 3.90. The maximum absolute atomic E-state index is 4.48. The van der Waals surface area contributed by atoms with Crippen LogP contribution in [0.4, 0.5) is 0 Å². The van der Waals surface area contributed by atoms with Gasteiger partial charge in [0.25, 0.3) is 0 Å². The molecule has 0 spiro atoms. The zero-order chi connectivity index (χ0) is 13.4. The van der Waals surface area contributed by atoms with Crippen molar-refractivity contribution in [3.05, 3.63) is 47.5 Å². The molecule has 0 radical (unpaired) electrons. The van der Waals surface area contributed by atoms with Crippen molar-refractivity contribution in [3.63, 3.8) is 0 Å². The summed E-state index contributed by atoms with van der Waals surface area (Å²) in [7, 11) is 0. The van der Waals surface area contributed by atoms with E-state index in [1.807, 2.05) is 0 Å². The largest absolute Gasteiger partial charge is 0.368 e. The Kier molecular flexibility index (Phi) is 2.90. The molecule has 2 aromatic rings. The third-order valence-electron chi connectivity index (χ3n) is 3.97. The predicted octanol–water partition coefficient (Wildman–Crippen LogP) is 1.38. The summed E-state index contributed by atoms with van der Waals surface area (Å²) < 4.78 is 0. The van der Waals surface area contributed by atoms with E-state index in [1.165, 1.54) is 21.9 Å². The van der Waals surface area contributed by atoms with E-state index in [0.717, 1.165) is 32.0 Å². The molecule has 4 heteroatoms. The Morgan fingerprint density at radius 3 is 2.50 bits per heavy atom. The molecule has 0 atom stereocenters. The van der Waals surface area contributed by atoms with E-state index >= 15 is 0 Å². The molecule has 3 N–H and O–H groups in total. The Morgan fingerprint density at radius 1 is 0.900 bits per heavy atom. The van der Waals surface area contributed by atoms with Crippen molar-refractivity contribution in [2.45, 2.75) is 6.17 Å². The van der Waals surface area contributed by atoms with Crippen LogP contribution in [0.25, 0.3) is 10.8 Å². The molecule has 0 aliphatic carbocycles. The van der Waals surface area contributed by atoms with E-state index in [-0.39, 0.29) is 0 Å². The van der Waals surface area contributed by atoms with Crippen LogP contribution in [-0.2, 0) is 0 Å². The Hall–Kier alpha value is -1.91. The number of fused-ring (bicyclic) bond motifs is 1. The molecule has 2 heterocycles. The first-order valence-corrected chi connectivity index (χ1v) is 7.19. The van der Waals surface area contributed by atoms with Crippen LogP contribution in [0.5, 0.6) is 0 Å². The fourth-order valence-electron chi connectivity index (χ4n) is 2.92. The Bertz CT molecular complexity index is 671. The van der Waals surface area contributed by atoms with Gasteiger partial charge in [0.05, 0.1) is 12.7 Å². The average Bonchev–Trinajstić information content (AvgIpc) is 3.19. The monoisotopic (exact) mass is 266 g/mol. The summed E-state index contributed by atoms with van der Waals surface area (Å²) in [4.78, 5) is 4.48. The van der Waals surface area contributed by atoms with Crippen LogP contribution in [0, 0.1) is 0 Å². The molecule has 4 rings (SSSR count). The second kappa shape index (κ2) is 4.89. The molecule has 4 nitrogen and oxygen atoms in total. The maximum Gasteiger partial charge on any atom is 0.128 e. The first kappa shape index (κ1) is 11.9. The van der Waals surface area contributed by atoms with E-state index < -0.39 is 0 Å². The van der Waals surface area contributed by atoms with Gasteiger partial charge in [0.1, 0.15) is 5.84 Å². The lowest BCUT2D eigenvalue weighted by molar-refractivity contribution is 0.589. The molecular weight excluding hydrogens is 248 g/mol. The number of nitrogens with zero attached hydrogens (tertiary/aromatic N) is 1. The number of hydrogen-bond acceptors (Lipinski definition) is 4. The summed E-state index contributed by atoms with van der Waals surface area (Å²) >= 11 is 0. The van der Waals surface area contributed by atoms with Gasteiger partial charge in [0, 0.05) is 25.2 Å². The SMILES string of the molecule is c1cc2cc(C3NCCN3)ccc2cc1C1=NCCN1. The molecular formula is C16H18N4. The minimum atomic E-state index is 0.292. The van der Waals surface area contributed by atoms with Crippen molar-refractivity contribution in [2.24, 2.45) is 4.99 Å². The van der Waals surface area contributed by atoms with Crippen LogP contribution in [0.1, 0.15) is 17.3 Å². The van der Waals surface area contributed by atoms with Crippen LogP contribution in [0.3, 0.4) is 0 Å². The highest BCUT2D eigenvalue weighted by Gasteiger charge is 2.15. The first-order valence-electron chi connectivity index (χ1n) is 7.19. The highest BCUT2D eigenvalue weighted by molar-refractivity contribution is 6.02. The van der Waals surface area contributed by atoms with Gasteiger partial charge in [-0.2, -0.15) is 0 Å². The molecule has 2 aliphatic heterocycles. The van der Waals surface area contributed by atoms with Gasteiger partial charge in [-0.1, -0.05) is 24.3 Å². The standard InChI is InChI=1S/C16H18N4/c1-3-13(15-17-5-6-18-15)10-12-2-4-14(9-11(1)12)16-19-7-8-20-16/h1-4,9-10,15,17-18H,5-8H2,(H,19,20). The van der Waals surface area contributed by atoms with Crippen molar-refractivity contribution in [1.29, 1.82) is 0 Å². The molecule has 0 unspecified atom stereocenters. The van der Waals surface area contributed by atoms with E-state index in [1.54, 1.807) is 0 Å². The zero-order valence-electron chi connectivity index (χ0n) is 11.3. The minimum absolute atomic E-state index is 0.292. The van der Waals surface area contributed by atoms with Crippen molar-refractivity contribution in [1.82, 2.24) is 16.0 Å². The van der Waals surface area contributed by atoms with Crippen LogP contribution in [0.15, 0.2) is 41.4 Å². The maximum atomic E-state index is 4.48. The lowest BCUT2D eigenvalue weighted by atomic mass is 10.0. The lowest BCUT2D eigenvalue weighted by Gasteiger charge is -2.12. The normalized spacial score (nSPS) is 19.3. The molecule has 2 aliphatic rings. The van der Waals surface area contributed by atoms with Gasteiger partial charge < -0.3 is 5.32 Å². The zero-order valence-corrected chi connectivity index (χ0v) is 11.3. The number of aliphatic imine (C=N–C) groups is 1.